The van der Waals surface area contributed by atoms with Crippen LogP contribution in [0.25, 0.3) is 23.1 Å². The van der Waals surface area contributed by atoms with E-state index in [0.29, 0.717) is 12.8 Å². The zero-order valence-electron chi connectivity index (χ0n) is 15.7. The van der Waals surface area contributed by atoms with Gasteiger partial charge in [0.25, 0.3) is 0 Å². The van der Waals surface area contributed by atoms with Gasteiger partial charge in [-0.15, -0.1) is 0 Å². The Balaban J connectivity index is 1.47. The fourth-order valence-electron chi connectivity index (χ4n) is 3.44. The van der Waals surface area contributed by atoms with Gasteiger partial charge in [-0.05, 0) is 35.7 Å². The summed E-state index contributed by atoms with van der Waals surface area (Å²) in [5.41, 5.74) is 4.11. The number of rotatable bonds is 4. The van der Waals surface area contributed by atoms with Crippen molar-refractivity contribution in [3.05, 3.63) is 71.9 Å². The number of amides is 2. The highest BCUT2D eigenvalue weighted by Gasteiger charge is 2.26. The molecule has 2 N–H and O–H groups in total. The Hall–Kier alpha value is -3.47. The molecule has 0 bridgehead atoms. The maximum atomic E-state index is 12.2. The minimum absolute atomic E-state index is 0.0670. The molecule has 1 aromatic heterocycles. The Morgan fingerprint density at radius 3 is 2.64 bits per heavy atom. The van der Waals surface area contributed by atoms with E-state index < -0.39 is 6.04 Å². The summed E-state index contributed by atoms with van der Waals surface area (Å²) in [7, 11) is 2.04. The van der Waals surface area contributed by atoms with Crippen LogP contribution in [-0.2, 0) is 16.6 Å². The Bertz CT molecular complexity index is 1070. The second-order valence-corrected chi connectivity index (χ2v) is 7.00. The fourth-order valence-corrected chi connectivity index (χ4v) is 3.44. The number of hydrogen-bond donors (Lipinski definition) is 2. The van der Waals surface area contributed by atoms with Crippen molar-refractivity contribution in [2.45, 2.75) is 18.9 Å². The summed E-state index contributed by atoms with van der Waals surface area (Å²) in [5, 5.41) is 6.73. The number of para-hydroxylation sites is 1. The van der Waals surface area contributed by atoms with Gasteiger partial charge in [-0.3, -0.25) is 9.59 Å². The first-order chi connectivity index (χ1) is 13.6. The maximum Gasteiger partial charge on any atom is 0.246 e. The number of anilines is 1. The molecular formula is C23H22N3O2+. The Kier molecular flexibility index (Phi) is 4.89. The second-order valence-electron chi connectivity index (χ2n) is 7.00. The second kappa shape index (κ2) is 7.64. The Morgan fingerprint density at radius 1 is 1.11 bits per heavy atom. The van der Waals surface area contributed by atoms with Crippen LogP contribution in [0.3, 0.4) is 0 Å². The number of hydrogen-bond acceptors (Lipinski definition) is 2. The number of carbonyl (C=O) groups is 2. The third-order valence-corrected chi connectivity index (χ3v) is 5.02. The molecular weight excluding hydrogens is 350 g/mol. The first-order valence-corrected chi connectivity index (χ1v) is 9.36. The van der Waals surface area contributed by atoms with Crippen LogP contribution in [0.5, 0.6) is 0 Å². The SMILES string of the molecule is C[n+]1ccc(C=Cc2ccc(NC(=O)[C@@H]3CCC(=O)N3)cc2)c2ccccc21. The molecule has 140 valence electrons. The van der Waals surface area contributed by atoms with E-state index in [2.05, 4.69) is 51.7 Å². The quantitative estimate of drug-likeness (QED) is 0.692. The van der Waals surface area contributed by atoms with Crippen molar-refractivity contribution < 1.29 is 14.2 Å². The van der Waals surface area contributed by atoms with Crippen LogP contribution in [0.2, 0.25) is 0 Å². The van der Waals surface area contributed by atoms with E-state index in [9.17, 15) is 9.59 Å². The van der Waals surface area contributed by atoms with Crippen molar-refractivity contribution in [1.82, 2.24) is 5.32 Å². The predicted octanol–water partition coefficient (Wildman–Crippen LogP) is 3.05. The van der Waals surface area contributed by atoms with Gasteiger partial charge in [0.2, 0.25) is 17.3 Å². The molecule has 1 fully saturated rings. The van der Waals surface area contributed by atoms with Crippen molar-refractivity contribution in [2.75, 3.05) is 5.32 Å². The first kappa shape index (κ1) is 17.9. The summed E-state index contributed by atoms with van der Waals surface area (Å²) in [5.74, 6) is -0.236. The Morgan fingerprint density at radius 2 is 1.89 bits per heavy atom. The number of benzene rings is 2. The highest BCUT2D eigenvalue weighted by atomic mass is 16.2. The summed E-state index contributed by atoms with van der Waals surface area (Å²) < 4.78 is 2.11. The molecule has 1 aliphatic heterocycles. The Labute approximate surface area is 163 Å². The van der Waals surface area contributed by atoms with Gasteiger partial charge >= 0.3 is 0 Å². The van der Waals surface area contributed by atoms with Gasteiger partial charge in [-0.25, -0.2) is 4.57 Å². The van der Waals surface area contributed by atoms with Crippen LogP contribution in [0.1, 0.15) is 24.0 Å². The van der Waals surface area contributed by atoms with Crippen molar-refractivity contribution in [3.63, 3.8) is 0 Å². The van der Waals surface area contributed by atoms with Gasteiger partial charge < -0.3 is 10.6 Å². The minimum Gasteiger partial charge on any atom is -0.344 e. The van der Waals surface area contributed by atoms with E-state index in [-0.39, 0.29) is 11.8 Å². The molecule has 4 rings (SSSR count). The van der Waals surface area contributed by atoms with Gasteiger partial charge in [-0.2, -0.15) is 0 Å². The molecule has 5 heteroatoms. The van der Waals surface area contributed by atoms with E-state index >= 15 is 0 Å². The van der Waals surface area contributed by atoms with Crippen LogP contribution in [0.15, 0.2) is 60.8 Å². The molecule has 0 radical (unpaired) electrons. The van der Waals surface area contributed by atoms with Crippen LogP contribution in [0.4, 0.5) is 5.69 Å². The average Bonchev–Trinajstić information content (AvgIpc) is 3.15. The number of fused-ring (bicyclic) bond motifs is 1. The summed E-state index contributed by atoms with van der Waals surface area (Å²) in [6.07, 6.45) is 7.18. The molecule has 2 heterocycles. The van der Waals surface area contributed by atoms with Gasteiger partial charge in [0.1, 0.15) is 13.1 Å². The molecule has 28 heavy (non-hydrogen) atoms. The summed E-state index contributed by atoms with van der Waals surface area (Å²) in [6.45, 7) is 0. The highest BCUT2D eigenvalue weighted by molar-refractivity contribution is 5.99. The van der Waals surface area contributed by atoms with Crippen LogP contribution < -0.4 is 15.2 Å². The summed E-state index contributed by atoms with van der Waals surface area (Å²) >= 11 is 0. The largest absolute Gasteiger partial charge is 0.344 e. The minimum atomic E-state index is -0.431. The monoisotopic (exact) mass is 372 g/mol. The molecule has 1 atom stereocenters. The van der Waals surface area contributed by atoms with E-state index in [1.165, 1.54) is 10.9 Å². The van der Waals surface area contributed by atoms with Crippen LogP contribution >= 0.6 is 0 Å². The van der Waals surface area contributed by atoms with Gasteiger partial charge in [0.05, 0.1) is 5.39 Å². The van der Waals surface area contributed by atoms with Gasteiger partial charge in [-0.1, -0.05) is 36.4 Å². The summed E-state index contributed by atoms with van der Waals surface area (Å²) in [4.78, 5) is 23.4. The molecule has 1 aliphatic rings. The fraction of sp³-hybridized carbons (Fsp3) is 0.174. The normalized spacial score (nSPS) is 16.5. The molecule has 1 saturated heterocycles. The van der Waals surface area contributed by atoms with E-state index in [0.717, 1.165) is 16.8 Å². The number of aryl methyl sites for hydroxylation is 1. The smallest absolute Gasteiger partial charge is 0.246 e. The zero-order valence-corrected chi connectivity index (χ0v) is 15.7. The third kappa shape index (κ3) is 3.78. The van der Waals surface area contributed by atoms with Crippen LogP contribution in [-0.4, -0.2) is 17.9 Å². The topological polar surface area (TPSA) is 62.1 Å². The van der Waals surface area contributed by atoms with E-state index in [1.54, 1.807) is 0 Å². The molecule has 5 nitrogen and oxygen atoms in total. The van der Waals surface area contributed by atoms with Crippen LogP contribution in [0, 0.1) is 0 Å². The van der Waals surface area contributed by atoms with E-state index in [4.69, 9.17) is 0 Å². The lowest BCUT2D eigenvalue weighted by Crippen LogP contribution is -2.37. The molecule has 2 aromatic carbocycles. The lowest BCUT2D eigenvalue weighted by Gasteiger charge is -2.11. The van der Waals surface area contributed by atoms with Gasteiger partial charge in [0, 0.05) is 24.2 Å². The molecule has 0 aliphatic carbocycles. The van der Waals surface area contributed by atoms with Crippen molar-refractivity contribution >= 4 is 40.6 Å². The number of aromatic nitrogens is 1. The zero-order chi connectivity index (χ0) is 19.5. The number of pyridine rings is 1. The predicted molar refractivity (Wildman–Crippen MR) is 110 cm³/mol. The van der Waals surface area contributed by atoms with Crippen molar-refractivity contribution in [1.29, 1.82) is 0 Å². The van der Waals surface area contributed by atoms with Gasteiger partial charge in [0.15, 0.2) is 6.20 Å². The van der Waals surface area contributed by atoms with Crippen molar-refractivity contribution in [2.24, 2.45) is 7.05 Å². The number of carbonyl (C=O) groups excluding carboxylic acids is 2. The molecule has 0 unspecified atom stereocenters. The number of nitrogens with one attached hydrogen (secondary N) is 2. The first-order valence-electron chi connectivity index (χ1n) is 9.36. The third-order valence-electron chi connectivity index (χ3n) is 5.02. The standard InChI is InChI=1S/C23H21N3O2/c1-26-15-14-17(19-4-2-3-5-21(19)26)9-6-16-7-10-18(11-8-16)24-23(28)20-12-13-22(27)25-20/h2-11,14-15,20H,12-13H2,1H3,(H,25,27)/p+1/t20-/m0/s1. The lowest BCUT2D eigenvalue weighted by atomic mass is 10.1. The highest BCUT2D eigenvalue weighted by Crippen LogP contribution is 2.19. The van der Waals surface area contributed by atoms with E-state index in [1.807, 2.05) is 43.4 Å². The number of nitrogens with zero attached hydrogens (tertiary/aromatic N) is 1. The molecule has 0 saturated carbocycles. The van der Waals surface area contributed by atoms with Crippen molar-refractivity contribution in [3.8, 4) is 0 Å². The average molecular weight is 372 g/mol. The molecule has 3 aromatic rings. The molecule has 0 spiro atoms. The summed E-state index contributed by atoms with van der Waals surface area (Å²) in [6, 6.07) is 17.7. The lowest BCUT2D eigenvalue weighted by molar-refractivity contribution is -0.644. The molecule has 2 amide bonds. The maximum absolute atomic E-state index is 12.2.